The minimum absolute atomic E-state index is 0.0132. The lowest BCUT2D eigenvalue weighted by Gasteiger charge is -2.34. The summed E-state index contributed by atoms with van der Waals surface area (Å²) in [6, 6.07) is 3.62. The van der Waals surface area contributed by atoms with E-state index in [0.29, 0.717) is 12.2 Å². The molecule has 1 saturated heterocycles. The van der Waals surface area contributed by atoms with Gasteiger partial charge in [-0.3, -0.25) is 14.8 Å². The second-order valence-corrected chi connectivity index (χ2v) is 7.88. The van der Waals surface area contributed by atoms with Crippen LogP contribution in [0, 0.1) is 10.1 Å². The molecule has 2 aromatic rings. The maximum absolute atomic E-state index is 11.6. The molecule has 26 heavy (non-hydrogen) atoms. The minimum Gasteiger partial charge on any atom is -0.380 e. The summed E-state index contributed by atoms with van der Waals surface area (Å²) in [4.78, 5) is 12.3. The second-order valence-electron chi connectivity index (χ2n) is 6.32. The minimum atomic E-state index is -4.04. The summed E-state index contributed by atoms with van der Waals surface area (Å²) in [5, 5.41) is 23.6. The highest BCUT2D eigenvalue weighted by molar-refractivity contribution is 7.89. The Morgan fingerprint density at radius 1 is 1.38 bits per heavy atom. The summed E-state index contributed by atoms with van der Waals surface area (Å²) in [5.41, 5.74) is 1.04. The van der Waals surface area contributed by atoms with Crippen molar-refractivity contribution in [1.82, 2.24) is 9.78 Å². The first kappa shape index (κ1) is 18.1. The predicted molar refractivity (Wildman–Crippen MR) is 96.5 cm³/mol. The molecule has 1 aromatic carbocycles. The van der Waals surface area contributed by atoms with Crippen LogP contribution in [0.25, 0.3) is 0 Å². The third-order valence-corrected chi connectivity index (χ3v) is 5.17. The van der Waals surface area contributed by atoms with E-state index in [9.17, 15) is 18.5 Å². The van der Waals surface area contributed by atoms with Crippen LogP contribution in [-0.4, -0.2) is 42.3 Å². The first-order chi connectivity index (χ1) is 12.2. The molecule has 1 atom stereocenters. The van der Waals surface area contributed by atoms with Crippen LogP contribution in [0.2, 0.25) is 0 Å². The maximum atomic E-state index is 11.6. The fourth-order valence-corrected chi connectivity index (χ4v) is 3.65. The number of piperidine rings is 1. The molecule has 0 amide bonds. The number of nitro groups is 1. The van der Waals surface area contributed by atoms with Gasteiger partial charge in [0.15, 0.2) is 0 Å². The van der Waals surface area contributed by atoms with Gasteiger partial charge in [0.2, 0.25) is 10.0 Å². The van der Waals surface area contributed by atoms with Crippen molar-refractivity contribution >= 4 is 27.1 Å². The number of nitrogens with one attached hydrogen (secondary N) is 1. The summed E-state index contributed by atoms with van der Waals surface area (Å²) < 4.78 is 24.9. The number of hydrogen-bond donors (Lipinski definition) is 2. The van der Waals surface area contributed by atoms with Gasteiger partial charge in [-0.15, -0.1) is 0 Å². The van der Waals surface area contributed by atoms with Crippen LogP contribution in [0.15, 0.2) is 35.5 Å². The van der Waals surface area contributed by atoms with E-state index >= 15 is 0 Å². The quantitative estimate of drug-likeness (QED) is 0.584. The van der Waals surface area contributed by atoms with Crippen molar-refractivity contribution in [3.05, 3.63) is 40.7 Å². The summed E-state index contributed by atoms with van der Waals surface area (Å²) >= 11 is 0. The van der Waals surface area contributed by atoms with Gasteiger partial charge < -0.3 is 10.2 Å². The molecule has 1 aliphatic rings. The lowest BCUT2D eigenvalue weighted by molar-refractivity contribution is -0.385. The summed E-state index contributed by atoms with van der Waals surface area (Å²) in [6.45, 7) is 1.57. The molecule has 2 heterocycles. The number of aryl methyl sites for hydroxylation is 1. The van der Waals surface area contributed by atoms with Crippen molar-refractivity contribution < 1.29 is 13.3 Å². The third kappa shape index (κ3) is 4.11. The van der Waals surface area contributed by atoms with Crippen molar-refractivity contribution in [3.8, 4) is 0 Å². The van der Waals surface area contributed by atoms with Crippen LogP contribution in [0.1, 0.15) is 12.8 Å². The molecule has 1 aromatic heterocycles. The van der Waals surface area contributed by atoms with E-state index in [1.54, 1.807) is 10.9 Å². The Morgan fingerprint density at radius 2 is 2.15 bits per heavy atom. The fraction of sp³-hybridized carbons (Fsp3) is 0.400. The normalized spacial score (nSPS) is 17.9. The molecule has 0 spiro atoms. The molecule has 0 bridgehead atoms. The molecule has 3 N–H and O–H groups in total. The number of sulfonamides is 1. The largest absolute Gasteiger partial charge is 0.380 e. The third-order valence-electron chi connectivity index (χ3n) is 4.28. The van der Waals surface area contributed by atoms with E-state index in [1.165, 1.54) is 12.1 Å². The number of hydrogen-bond acceptors (Lipinski definition) is 7. The van der Waals surface area contributed by atoms with Crippen molar-refractivity contribution in [3.63, 3.8) is 0 Å². The Bertz CT molecular complexity index is 926. The van der Waals surface area contributed by atoms with Crippen LogP contribution in [0.5, 0.6) is 0 Å². The molecule has 1 fully saturated rings. The highest BCUT2D eigenvalue weighted by atomic mass is 32.2. The first-order valence-electron chi connectivity index (χ1n) is 8.05. The summed E-state index contributed by atoms with van der Waals surface area (Å²) in [6.07, 6.45) is 5.51. The lowest BCUT2D eigenvalue weighted by Crippen LogP contribution is -2.42. The van der Waals surface area contributed by atoms with E-state index in [-0.39, 0.29) is 16.6 Å². The number of nitro benzene ring substituents is 1. The van der Waals surface area contributed by atoms with Crippen molar-refractivity contribution in [2.75, 3.05) is 23.3 Å². The molecule has 0 radical (unpaired) electrons. The number of nitrogens with two attached hydrogens (primary N) is 1. The van der Waals surface area contributed by atoms with Crippen LogP contribution in [0.3, 0.4) is 0 Å². The molecule has 1 aliphatic heterocycles. The molecular weight excluding hydrogens is 360 g/mol. The molecule has 1 unspecified atom stereocenters. The summed E-state index contributed by atoms with van der Waals surface area (Å²) in [5.74, 6) is 0. The molecule has 140 valence electrons. The highest BCUT2D eigenvalue weighted by Crippen LogP contribution is 2.26. The Labute approximate surface area is 150 Å². The number of primary sulfonamides is 1. The molecular formula is C15H20N6O4S. The number of aromatic nitrogens is 2. The summed E-state index contributed by atoms with van der Waals surface area (Å²) in [7, 11) is -2.19. The highest BCUT2D eigenvalue weighted by Gasteiger charge is 2.23. The van der Waals surface area contributed by atoms with Crippen molar-refractivity contribution in [2.24, 2.45) is 12.2 Å². The molecule has 3 rings (SSSR count). The standard InChI is InChI=1S/C15H20N6O4S/c1-19-10-14(8-17-19)20-4-2-3-11(9-20)18-12-5-13(21(22)23)7-15(6-12)26(16,24)25/h5-8,10-11,18H,2-4,9H2,1H3,(H2,16,24,25). The number of rotatable bonds is 5. The number of benzene rings is 1. The second kappa shape index (κ2) is 6.92. The fourth-order valence-electron chi connectivity index (χ4n) is 3.07. The molecule has 0 saturated carbocycles. The van der Waals surface area contributed by atoms with Gasteiger partial charge in [0.25, 0.3) is 5.69 Å². The zero-order valence-corrected chi connectivity index (χ0v) is 15.0. The zero-order valence-electron chi connectivity index (χ0n) is 14.2. The van der Waals surface area contributed by atoms with Gasteiger partial charge in [0, 0.05) is 50.2 Å². The van der Waals surface area contributed by atoms with Gasteiger partial charge in [-0.25, -0.2) is 13.6 Å². The SMILES string of the molecule is Cn1cc(N2CCCC(Nc3cc([N+](=O)[O-])cc(S(N)(=O)=O)c3)C2)cn1. The zero-order chi connectivity index (χ0) is 18.9. The first-order valence-corrected chi connectivity index (χ1v) is 9.59. The van der Waals surface area contributed by atoms with E-state index < -0.39 is 14.9 Å². The molecule has 10 nitrogen and oxygen atoms in total. The van der Waals surface area contributed by atoms with Crippen LogP contribution in [-0.2, 0) is 17.1 Å². The van der Waals surface area contributed by atoms with Crippen LogP contribution in [0.4, 0.5) is 17.1 Å². The van der Waals surface area contributed by atoms with Gasteiger partial charge >= 0.3 is 0 Å². The Kier molecular flexibility index (Phi) is 4.83. The Morgan fingerprint density at radius 3 is 2.77 bits per heavy atom. The molecule has 11 heteroatoms. The monoisotopic (exact) mass is 380 g/mol. The average molecular weight is 380 g/mol. The smallest absolute Gasteiger partial charge is 0.272 e. The van der Waals surface area contributed by atoms with E-state index in [4.69, 9.17) is 5.14 Å². The van der Waals surface area contributed by atoms with Crippen LogP contribution < -0.4 is 15.4 Å². The average Bonchev–Trinajstić information content (AvgIpc) is 3.00. The lowest BCUT2D eigenvalue weighted by atomic mass is 10.0. The molecule has 0 aliphatic carbocycles. The number of anilines is 2. The topological polar surface area (TPSA) is 136 Å². The van der Waals surface area contributed by atoms with E-state index in [0.717, 1.165) is 31.1 Å². The van der Waals surface area contributed by atoms with Gasteiger partial charge in [0.05, 0.1) is 21.7 Å². The van der Waals surface area contributed by atoms with Crippen molar-refractivity contribution in [1.29, 1.82) is 0 Å². The van der Waals surface area contributed by atoms with E-state index in [2.05, 4.69) is 15.3 Å². The number of nitrogens with zero attached hydrogens (tertiary/aromatic N) is 4. The number of non-ortho nitro benzene ring substituents is 1. The van der Waals surface area contributed by atoms with Gasteiger partial charge in [0.1, 0.15) is 0 Å². The predicted octanol–water partition coefficient (Wildman–Crippen LogP) is 1.06. The van der Waals surface area contributed by atoms with Gasteiger partial charge in [-0.2, -0.15) is 5.10 Å². The maximum Gasteiger partial charge on any atom is 0.272 e. The van der Waals surface area contributed by atoms with Gasteiger partial charge in [-0.05, 0) is 18.9 Å². The Hall–Kier alpha value is -2.66. The van der Waals surface area contributed by atoms with Crippen molar-refractivity contribution in [2.45, 2.75) is 23.8 Å². The van der Waals surface area contributed by atoms with Crippen LogP contribution >= 0.6 is 0 Å². The Balaban J connectivity index is 1.81. The van der Waals surface area contributed by atoms with E-state index in [1.807, 2.05) is 13.2 Å². The van der Waals surface area contributed by atoms with Gasteiger partial charge in [-0.1, -0.05) is 0 Å².